The van der Waals surface area contributed by atoms with Gasteiger partial charge in [-0.3, -0.25) is 4.98 Å². The number of ether oxygens (including phenoxy) is 3. The predicted molar refractivity (Wildman–Crippen MR) is 108 cm³/mol. The number of nitrogens with one attached hydrogen (secondary N) is 1. The van der Waals surface area contributed by atoms with Crippen molar-refractivity contribution in [3.63, 3.8) is 0 Å². The second-order valence-corrected chi connectivity index (χ2v) is 8.37. The number of hydrogen-bond donors (Lipinski definition) is 2. The molecule has 3 heterocycles. The number of aliphatic hydroxyl groups is 1. The van der Waals surface area contributed by atoms with E-state index in [2.05, 4.69) is 15.3 Å². The molecule has 0 bridgehead atoms. The van der Waals surface area contributed by atoms with Crippen molar-refractivity contribution in [3.05, 3.63) is 29.7 Å². The number of aromatic nitrogens is 2. The lowest BCUT2D eigenvalue weighted by molar-refractivity contribution is -0.0720. The number of carbonyl (C=O) groups is 1. The molecule has 2 N–H and O–H groups in total. The Bertz CT molecular complexity index is 894. The summed E-state index contributed by atoms with van der Waals surface area (Å²) in [7, 11) is 1.48. The minimum Gasteiger partial charge on any atom is -0.481 e. The van der Waals surface area contributed by atoms with E-state index in [1.165, 1.54) is 7.11 Å². The highest BCUT2D eigenvalue weighted by molar-refractivity contribution is 5.78. The van der Waals surface area contributed by atoms with Crippen LogP contribution in [0, 0.1) is 5.82 Å². The molecule has 1 aliphatic heterocycles. The first-order valence-corrected chi connectivity index (χ1v) is 9.93. The molecule has 0 aliphatic carbocycles. The van der Waals surface area contributed by atoms with Crippen LogP contribution in [0.15, 0.2) is 18.3 Å². The summed E-state index contributed by atoms with van der Waals surface area (Å²) in [5.41, 5.74) is 0.565. The van der Waals surface area contributed by atoms with Crippen LogP contribution in [0.1, 0.15) is 39.2 Å². The number of pyridine rings is 2. The van der Waals surface area contributed by atoms with Crippen LogP contribution in [0.2, 0.25) is 0 Å². The molecule has 8 nitrogen and oxygen atoms in total. The lowest BCUT2D eigenvalue weighted by Crippen LogP contribution is -2.47. The van der Waals surface area contributed by atoms with Crippen molar-refractivity contribution < 1.29 is 28.5 Å². The highest BCUT2D eigenvalue weighted by atomic mass is 19.1. The molecule has 2 aromatic heterocycles. The first-order chi connectivity index (χ1) is 14.2. The molecule has 9 heteroatoms. The van der Waals surface area contributed by atoms with E-state index in [-0.39, 0.29) is 24.6 Å². The number of amides is 1. The van der Waals surface area contributed by atoms with Crippen molar-refractivity contribution in [3.8, 4) is 5.88 Å². The maximum Gasteiger partial charge on any atom is 0.407 e. The number of rotatable bonds is 5. The number of methoxy groups -OCH3 is 1. The third kappa shape index (κ3) is 5.54. The maximum atomic E-state index is 14.5. The standard InChI is InChI=1S/C21H28FN3O5/c1-21(2,3)30-20(27)24-12-5-7-17(29-11-12)16(26)9-13-14(22)10-23-15-6-8-18(28-4)25-19(13)15/h6,8,10,12,16-17,26H,5,7,9,11H2,1-4H3,(H,24,27)/t12-,16+,17+/m1/s1. The second kappa shape index (κ2) is 9.09. The molecule has 0 aromatic carbocycles. The lowest BCUT2D eigenvalue weighted by Gasteiger charge is -2.32. The van der Waals surface area contributed by atoms with Crippen LogP contribution < -0.4 is 10.1 Å². The van der Waals surface area contributed by atoms with Gasteiger partial charge in [0.25, 0.3) is 0 Å². The number of carbonyl (C=O) groups excluding carboxylic acids is 1. The molecule has 0 radical (unpaired) electrons. The van der Waals surface area contributed by atoms with Crippen molar-refractivity contribution in [2.24, 2.45) is 0 Å². The Morgan fingerprint density at radius 3 is 2.80 bits per heavy atom. The molecule has 30 heavy (non-hydrogen) atoms. The molecule has 0 unspecified atom stereocenters. The number of halogens is 1. The Morgan fingerprint density at radius 2 is 2.17 bits per heavy atom. The maximum absolute atomic E-state index is 14.5. The molecule has 1 fully saturated rings. The summed E-state index contributed by atoms with van der Waals surface area (Å²) < 4.78 is 30.6. The summed E-state index contributed by atoms with van der Waals surface area (Å²) >= 11 is 0. The molecule has 1 saturated heterocycles. The smallest absolute Gasteiger partial charge is 0.407 e. The fourth-order valence-corrected chi connectivity index (χ4v) is 3.39. The Morgan fingerprint density at radius 1 is 1.40 bits per heavy atom. The van der Waals surface area contributed by atoms with Crippen LogP contribution >= 0.6 is 0 Å². The summed E-state index contributed by atoms with van der Waals surface area (Å²) in [6.45, 7) is 5.63. The molecule has 3 atom stereocenters. The monoisotopic (exact) mass is 421 g/mol. The first kappa shape index (κ1) is 22.2. The Hall–Kier alpha value is -2.52. The molecule has 1 amide bonds. The summed E-state index contributed by atoms with van der Waals surface area (Å²) in [6.07, 6.45) is 0.382. The van der Waals surface area contributed by atoms with E-state index in [1.807, 2.05) is 0 Å². The van der Waals surface area contributed by atoms with Gasteiger partial charge >= 0.3 is 6.09 Å². The van der Waals surface area contributed by atoms with Gasteiger partial charge in [0.1, 0.15) is 11.4 Å². The summed E-state index contributed by atoms with van der Waals surface area (Å²) in [6, 6.07) is 3.14. The largest absolute Gasteiger partial charge is 0.481 e. The van der Waals surface area contributed by atoms with E-state index in [1.54, 1.807) is 32.9 Å². The Kier molecular flexibility index (Phi) is 6.72. The van der Waals surface area contributed by atoms with E-state index in [4.69, 9.17) is 14.2 Å². The summed E-state index contributed by atoms with van der Waals surface area (Å²) in [5, 5.41) is 13.4. The Labute approximate surface area is 174 Å². The van der Waals surface area contributed by atoms with E-state index >= 15 is 0 Å². The van der Waals surface area contributed by atoms with Gasteiger partial charge in [-0.05, 0) is 39.7 Å². The van der Waals surface area contributed by atoms with Gasteiger partial charge in [0.2, 0.25) is 5.88 Å². The van der Waals surface area contributed by atoms with Crippen molar-refractivity contribution in [1.29, 1.82) is 0 Å². The average molecular weight is 421 g/mol. The summed E-state index contributed by atoms with van der Waals surface area (Å²) in [4.78, 5) is 20.2. The second-order valence-electron chi connectivity index (χ2n) is 8.37. The normalized spacial score (nSPS) is 20.6. The van der Waals surface area contributed by atoms with Gasteiger partial charge in [-0.25, -0.2) is 14.2 Å². The number of aliphatic hydroxyl groups excluding tert-OH is 1. The average Bonchev–Trinajstić information content (AvgIpc) is 2.68. The van der Waals surface area contributed by atoms with Crippen LogP contribution in [-0.2, 0) is 15.9 Å². The Balaban J connectivity index is 1.62. The first-order valence-electron chi connectivity index (χ1n) is 9.93. The summed E-state index contributed by atoms with van der Waals surface area (Å²) in [5.74, 6) is -0.196. The van der Waals surface area contributed by atoms with Crippen molar-refractivity contribution in [1.82, 2.24) is 15.3 Å². The number of fused-ring (bicyclic) bond motifs is 1. The zero-order chi connectivity index (χ0) is 21.9. The molecule has 0 saturated carbocycles. The van der Waals surface area contributed by atoms with Gasteiger partial charge < -0.3 is 24.6 Å². The minimum atomic E-state index is -0.930. The predicted octanol–water partition coefficient (Wildman–Crippen LogP) is 2.75. The molecular formula is C21H28FN3O5. The van der Waals surface area contributed by atoms with Crippen LogP contribution in [0.25, 0.3) is 11.0 Å². The number of hydrogen-bond acceptors (Lipinski definition) is 7. The zero-order valence-electron chi connectivity index (χ0n) is 17.6. The van der Waals surface area contributed by atoms with Crippen molar-refractivity contribution in [2.45, 2.75) is 63.9 Å². The fourth-order valence-electron chi connectivity index (χ4n) is 3.39. The number of nitrogens with zero attached hydrogens (tertiary/aromatic N) is 2. The molecule has 1 aliphatic rings. The van der Waals surface area contributed by atoms with E-state index < -0.39 is 29.7 Å². The van der Waals surface area contributed by atoms with Crippen LogP contribution in [0.4, 0.5) is 9.18 Å². The van der Waals surface area contributed by atoms with Gasteiger partial charge in [-0.2, -0.15) is 0 Å². The SMILES string of the molecule is COc1ccc2ncc(F)c(C[C@H](O)[C@@H]3CC[C@@H](NC(=O)OC(C)(C)C)CO3)c2n1. The third-order valence-electron chi connectivity index (χ3n) is 4.82. The highest BCUT2D eigenvalue weighted by Gasteiger charge is 2.30. The molecular weight excluding hydrogens is 393 g/mol. The van der Waals surface area contributed by atoms with E-state index in [9.17, 15) is 14.3 Å². The van der Waals surface area contributed by atoms with Crippen LogP contribution in [0.3, 0.4) is 0 Å². The quantitative estimate of drug-likeness (QED) is 0.765. The van der Waals surface area contributed by atoms with Gasteiger partial charge in [0.05, 0.1) is 49.2 Å². The highest BCUT2D eigenvalue weighted by Crippen LogP contribution is 2.25. The topological polar surface area (TPSA) is 103 Å². The number of alkyl carbamates (subject to hydrolysis) is 1. The third-order valence-corrected chi connectivity index (χ3v) is 4.82. The van der Waals surface area contributed by atoms with Crippen LogP contribution in [-0.4, -0.2) is 58.7 Å². The van der Waals surface area contributed by atoms with Crippen molar-refractivity contribution in [2.75, 3.05) is 13.7 Å². The lowest BCUT2D eigenvalue weighted by atomic mass is 9.96. The molecule has 0 spiro atoms. The van der Waals surface area contributed by atoms with Gasteiger partial charge in [-0.15, -0.1) is 0 Å². The van der Waals surface area contributed by atoms with Crippen LogP contribution in [0.5, 0.6) is 5.88 Å². The van der Waals surface area contributed by atoms with Gasteiger partial charge in [0.15, 0.2) is 0 Å². The van der Waals surface area contributed by atoms with Crippen molar-refractivity contribution >= 4 is 17.1 Å². The van der Waals surface area contributed by atoms with Gasteiger partial charge in [0, 0.05) is 18.1 Å². The minimum absolute atomic E-state index is 0.0276. The molecule has 164 valence electrons. The molecule has 2 aromatic rings. The van der Waals surface area contributed by atoms with Gasteiger partial charge in [-0.1, -0.05) is 0 Å². The molecule has 3 rings (SSSR count). The van der Waals surface area contributed by atoms with E-state index in [0.29, 0.717) is 29.8 Å². The zero-order valence-corrected chi connectivity index (χ0v) is 17.6. The fraction of sp³-hybridized carbons (Fsp3) is 0.571. The van der Waals surface area contributed by atoms with E-state index in [0.717, 1.165) is 6.20 Å².